The van der Waals surface area contributed by atoms with Crippen molar-refractivity contribution in [3.63, 3.8) is 0 Å². The van der Waals surface area contributed by atoms with Crippen LogP contribution in [0.5, 0.6) is 0 Å². The third-order valence-corrected chi connectivity index (χ3v) is 3.46. The van der Waals surface area contributed by atoms with Crippen molar-refractivity contribution in [2.45, 2.75) is 19.1 Å². The first-order valence-corrected chi connectivity index (χ1v) is 6.95. The number of carbonyl (C=O) groups excluding carboxylic acids is 1. The van der Waals surface area contributed by atoms with E-state index >= 15 is 0 Å². The van der Waals surface area contributed by atoms with Gasteiger partial charge in [-0.1, -0.05) is 0 Å². The van der Waals surface area contributed by atoms with Gasteiger partial charge in [0, 0.05) is 12.7 Å². The highest BCUT2D eigenvalue weighted by Gasteiger charge is 2.34. The summed E-state index contributed by atoms with van der Waals surface area (Å²) in [5, 5.41) is 15.1. The van der Waals surface area contributed by atoms with E-state index in [0.29, 0.717) is 0 Å². The molecule has 1 heterocycles. The molecule has 0 saturated heterocycles. The number of urea groups is 1. The third-order valence-electron chi connectivity index (χ3n) is 3.46. The lowest BCUT2D eigenvalue weighted by Crippen LogP contribution is -2.40. The highest BCUT2D eigenvalue weighted by Crippen LogP contribution is 2.35. The van der Waals surface area contributed by atoms with E-state index in [4.69, 9.17) is 5.11 Å². The fourth-order valence-corrected chi connectivity index (χ4v) is 1.91. The van der Waals surface area contributed by atoms with Crippen LogP contribution >= 0.6 is 0 Å². The van der Waals surface area contributed by atoms with Crippen LogP contribution in [0, 0.1) is 0 Å². The summed E-state index contributed by atoms with van der Waals surface area (Å²) in [6, 6.07) is 2.26. The maximum atomic E-state index is 13.3. The maximum absolute atomic E-state index is 13.3. The van der Waals surface area contributed by atoms with E-state index in [2.05, 4.69) is 15.4 Å². The second-order valence-electron chi connectivity index (χ2n) is 5.14. The van der Waals surface area contributed by atoms with E-state index in [-0.39, 0.29) is 18.0 Å². The van der Waals surface area contributed by atoms with Gasteiger partial charge in [-0.25, -0.2) is 14.5 Å². The summed E-state index contributed by atoms with van der Waals surface area (Å²) in [4.78, 5) is 16.8. The molecule has 0 radical (unpaired) electrons. The summed E-state index contributed by atoms with van der Waals surface area (Å²) < 4.78 is 40.8. The fourth-order valence-electron chi connectivity index (χ4n) is 1.91. The lowest BCUT2D eigenvalue weighted by atomic mass is 10.1. The van der Waals surface area contributed by atoms with E-state index in [1.54, 1.807) is 6.92 Å². The largest absolute Gasteiger partial charge is 0.418 e. The number of nitrogens with one attached hydrogen (secondary N) is 1. The molecule has 0 spiro atoms. The lowest BCUT2D eigenvalue weighted by Gasteiger charge is -2.24. The molecule has 0 fully saturated rings. The van der Waals surface area contributed by atoms with Crippen molar-refractivity contribution in [1.82, 2.24) is 19.7 Å². The van der Waals surface area contributed by atoms with Crippen molar-refractivity contribution in [3.8, 4) is 5.69 Å². The zero-order valence-electron chi connectivity index (χ0n) is 12.9. The zero-order chi connectivity index (χ0) is 17.9. The Kier molecular flexibility index (Phi) is 5.07. The second kappa shape index (κ2) is 6.87. The first-order valence-electron chi connectivity index (χ1n) is 6.95. The number of likely N-dealkylation sites (N-methyl/N-ethyl adjacent to an activating group) is 1. The standard InChI is InChI=1S/C14H16F3N5O2/c1-9(6-23)21(2)13(24)20-10-3-4-12(22-8-18-7-19-22)11(5-10)14(15,16)17/h3-5,7-9,23H,6H2,1-2H3,(H,20,24). The van der Waals surface area contributed by atoms with Crippen LogP contribution in [0.15, 0.2) is 30.9 Å². The lowest BCUT2D eigenvalue weighted by molar-refractivity contribution is -0.137. The molecule has 130 valence electrons. The van der Waals surface area contributed by atoms with Gasteiger partial charge in [0.25, 0.3) is 0 Å². The Hall–Kier alpha value is -2.62. The molecule has 0 aliphatic rings. The van der Waals surface area contributed by atoms with Crippen LogP contribution in [-0.2, 0) is 6.18 Å². The highest BCUT2D eigenvalue weighted by molar-refractivity contribution is 5.89. The van der Waals surface area contributed by atoms with Crippen molar-refractivity contribution >= 4 is 11.7 Å². The molecule has 0 bridgehead atoms. The van der Waals surface area contributed by atoms with Crippen LogP contribution < -0.4 is 5.32 Å². The number of carbonyl (C=O) groups is 1. The summed E-state index contributed by atoms with van der Waals surface area (Å²) in [5.41, 5.74) is -1.17. The molecule has 1 atom stereocenters. The Morgan fingerprint density at radius 3 is 2.71 bits per heavy atom. The van der Waals surface area contributed by atoms with Crippen molar-refractivity contribution in [3.05, 3.63) is 36.4 Å². The molecule has 2 N–H and O–H groups in total. The summed E-state index contributed by atoms with van der Waals surface area (Å²) in [6.07, 6.45) is -2.35. The molecule has 1 unspecified atom stereocenters. The number of amides is 2. The molecule has 24 heavy (non-hydrogen) atoms. The number of rotatable bonds is 4. The molecule has 1 aromatic heterocycles. The number of halogens is 3. The number of aliphatic hydroxyl groups excluding tert-OH is 1. The molecule has 0 saturated carbocycles. The van der Waals surface area contributed by atoms with E-state index in [0.717, 1.165) is 23.4 Å². The number of nitrogens with zero attached hydrogens (tertiary/aromatic N) is 4. The van der Waals surface area contributed by atoms with Crippen LogP contribution in [0.25, 0.3) is 5.69 Å². The van der Waals surface area contributed by atoms with Crippen molar-refractivity contribution in [1.29, 1.82) is 0 Å². The minimum Gasteiger partial charge on any atom is -0.394 e. The van der Waals surface area contributed by atoms with Gasteiger partial charge >= 0.3 is 12.2 Å². The van der Waals surface area contributed by atoms with Crippen LogP contribution in [0.4, 0.5) is 23.7 Å². The Balaban J connectivity index is 2.32. The van der Waals surface area contributed by atoms with Crippen molar-refractivity contribution < 1.29 is 23.1 Å². The van der Waals surface area contributed by atoms with Gasteiger partial charge in [0.05, 0.1) is 23.9 Å². The molecule has 10 heteroatoms. The molecule has 7 nitrogen and oxygen atoms in total. The van der Waals surface area contributed by atoms with Crippen LogP contribution in [0.2, 0.25) is 0 Å². The van der Waals surface area contributed by atoms with Crippen LogP contribution in [0.1, 0.15) is 12.5 Å². The maximum Gasteiger partial charge on any atom is 0.418 e. The summed E-state index contributed by atoms with van der Waals surface area (Å²) in [6.45, 7) is 1.34. The predicted molar refractivity (Wildman–Crippen MR) is 79.7 cm³/mol. The molecule has 0 aliphatic carbocycles. The monoisotopic (exact) mass is 343 g/mol. The third kappa shape index (κ3) is 3.82. The fraction of sp³-hybridized carbons (Fsp3) is 0.357. The summed E-state index contributed by atoms with van der Waals surface area (Å²) in [7, 11) is 1.44. The van der Waals surface area contributed by atoms with Gasteiger partial charge in [-0.3, -0.25) is 0 Å². The molecule has 0 aliphatic heterocycles. The number of alkyl halides is 3. The number of aliphatic hydroxyl groups is 1. The van der Waals surface area contributed by atoms with E-state index in [1.807, 2.05) is 0 Å². The highest BCUT2D eigenvalue weighted by atomic mass is 19.4. The summed E-state index contributed by atoms with van der Waals surface area (Å²) >= 11 is 0. The predicted octanol–water partition coefficient (Wildman–Crippen LogP) is 2.13. The topological polar surface area (TPSA) is 83.3 Å². The number of hydrogen-bond acceptors (Lipinski definition) is 4. The molecular formula is C14H16F3N5O2. The number of aromatic nitrogens is 3. The Labute approximate surface area is 135 Å². The van der Waals surface area contributed by atoms with Gasteiger partial charge in [-0.05, 0) is 25.1 Å². The Morgan fingerprint density at radius 2 is 2.17 bits per heavy atom. The van der Waals surface area contributed by atoms with E-state index in [9.17, 15) is 18.0 Å². The number of hydrogen-bond donors (Lipinski definition) is 2. The van der Waals surface area contributed by atoms with Gasteiger partial charge in [0.2, 0.25) is 0 Å². The minimum absolute atomic E-state index is 0.0202. The van der Waals surface area contributed by atoms with Gasteiger partial charge in [0.1, 0.15) is 12.7 Å². The van der Waals surface area contributed by atoms with E-state index in [1.165, 1.54) is 24.1 Å². The Bertz CT molecular complexity index is 703. The number of anilines is 1. The van der Waals surface area contributed by atoms with Gasteiger partial charge in [0.15, 0.2) is 0 Å². The first kappa shape index (κ1) is 17.7. The summed E-state index contributed by atoms with van der Waals surface area (Å²) in [5.74, 6) is 0. The van der Waals surface area contributed by atoms with Crippen LogP contribution in [0.3, 0.4) is 0 Å². The van der Waals surface area contributed by atoms with Crippen molar-refractivity contribution in [2.75, 3.05) is 19.0 Å². The normalized spacial score (nSPS) is 12.8. The smallest absolute Gasteiger partial charge is 0.394 e. The first-order chi connectivity index (χ1) is 11.2. The minimum atomic E-state index is -4.63. The van der Waals surface area contributed by atoms with E-state index < -0.39 is 23.8 Å². The number of benzene rings is 1. The average molecular weight is 343 g/mol. The molecule has 2 rings (SSSR count). The van der Waals surface area contributed by atoms with Crippen molar-refractivity contribution in [2.24, 2.45) is 0 Å². The SMILES string of the molecule is CC(CO)N(C)C(=O)Nc1ccc(-n2cncn2)c(C(F)(F)F)c1. The second-order valence-corrected chi connectivity index (χ2v) is 5.14. The molecular weight excluding hydrogens is 327 g/mol. The van der Waals surface area contributed by atoms with Gasteiger partial charge < -0.3 is 15.3 Å². The van der Waals surface area contributed by atoms with Gasteiger partial charge in [-0.15, -0.1) is 0 Å². The zero-order valence-corrected chi connectivity index (χ0v) is 12.9. The average Bonchev–Trinajstić information content (AvgIpc) is 3.06. The molecule has 2 amide bonds. The quantitative estimate of drug-likeness (QED) is 0.891. The van der Waals surface area contributed by atoms with Crippen LogP contribution in [-0.4, -0.2) is 50.5 Å². The molecule has 1 aromatic carbocycles. The van der Waals surface area contributed by atoms with Gasteiger partial charge in [-0.2, -0.15) is 18.3 Å². The molecule has 2 aromatic rings. The Morgan fingerprint density at radius 1 is 1.46 bits per heavy atom.